The number of hydrogen-bond acceptors (Lipinski definition) is 2. The van der Waals surface area contributed by atoms with Crippen LogP contribution in [0, 0.1) is 6.92 Å². The van der Waals surface area contributed by atoms with Gasteiger partial charge in [0.15, 0.2) is 0 Å². The molecule has 0 saturated heterocycles. The number of nitrogens with zero attached hydrogens (tertiary/aromatic N) is 2. The fourth-order valence-corrected chi connectivity index (χ4v) is 1.99. The number of aryl methyl sites for hydroxylation is 1. The number of halogens is 4. The third-order valence-corrected chi connectivity index (χ3v) is 2.95. The van der Waals surface area contributed by atoms with Gasteiger partial charge in [0.05, 0.1) is 5.69 Å². The lowest BCUT2D eigenvalue weighted by molar-refractivity contribution is -0.145. The van der Waals surface area contributed by atoms with Crippen molar-refractivity contribution in [1.29, 1.82) is 0 Å². The molecule has 0 aliphatic rings. The summed E-state index contributed by atoms with van der Waals surface area (Å²) in [7, 11) is 0. The zero-order valence-electron chi connectivity index (χ0n) is 9.29. The molecule has 0 radical (unpaired) electrons. The highest BCUT2D eigenvalue weighted by molar-refractivity contribution is 9.10. The van der Waals surface area contributed by atoms with Crippen molar-refractivity contribution in [3.63, 3.8) is 0 Å². The van der Waals surface area contributed by atoms with Crippen LogP contribution in [0.3, 0.4) is 0 Å². The topological polar surface area (TPSA) is 25.8 Å². The molecular formula is C12H8BrF3N2. The zero-order chi connectivity index (χ0) is 13.3. The Kier molecular flexibility index (Phi) is 3.38. The summed E-state index contributed by atoms with van der Waals surface area (Å²) in [4.78, 5) is 6.98. The van der Waals surface area contributed by atoms with Crippen molar-refractivity contribution < 1.29 is 13.2 Å². The van der Waals surface area contributed by atoms with Gasteiger partial charge < -0.3 is 0 Å². The second kappa shape index (κ2) is 4.68. The van der Waals surface area contributed by atoms with Gasteiger partial charge in [0, 0.05) is 15.7 Å². The van der Waals surface area contributed by atoms with E-state index in [0.29, 0.717) is 10.0 Å². The van der Waals surface area contributed by atoms with Gasteiger partial charge in [-0.2, -0.15) is 13.2 Å². The molecule has 0 saturated carbocycles. The summed E-state index contributed by atoms with van der Waals surface area (Å²) < 4.78 is 38.6. The Hall–Kier alpha value is -1.43. The highest BCUT2D eigenvalue weighted by Crippen LogP contribution is 2.31. The van der Waals surface area contributed by atoms with Gasteiger partial charge in [-0.05, 0) is 19.1 Å². The minimum absolute atomic E-state index is 0.252. The molecule has 0 aliphatic heterocycles. The van der Waals surface area contributed by atoms with Crippen molar-refractivity contribution in [3.8, 4) is 11.3 Å². The first kappa shape index (κ1) is 13.0. The Bertz CT molecular complexity index is 582. The molecule has 1 heterocycles. The molecule has 0 spiro atoms. The average molecular weight is 317 g/mol. The van der Waals surface area contributed by atoms with Crippen LogP contribution in [0.1, 0.15) is 11.5 Å². The van der Waals surface area contributed by atoms with Crippen molar-refractivity contribution in [1.82, 2.24) is 9.97 Å². The van der Waals surface area contributed by atoms with Crippen molar-refractivity contribution in [3.05, 3.63) is 46.3 Å². The zero-order valence-corrected chi connectivity index (χ0v) is 10.9. The van der Waals surface area contributed by atoms with Crippen LogP contribution in [0.25, 0.3) is 11.3 Å². The molecule has 18 heavy (non-hydrogen) atoms. The molecule has 1 aromatic heterocycles. The molecule has 2 nitrogen and oxygen atoms in total. The Balaban J connectivity index is 2.60. The Morgan fingerprint density at radius 3 is 2.39 bits per heavy atom. The Morgan fingerprint density at radius 1 is 1.11 bits per heavy atom. The fraction of sp³-hybridized carbons (Fsp3) is 0.167. The molecule has 0 fully saturated rings. The van der Waals surface area contributed by atoms with Gasteiger partial charge in [-0.3, -0.25) is 0 Å². The summed E-state index contributed by atoms with van der Waals surface area (Å²) in [6.07, 6.45) is -4.54. The fourth-order valence-electron chi connectivity index (χ4n) is 1.50. The average Bonchev–Trinajstić information content (AvgIpc) is 2.27. The van der Waals surface area contributed by atoms with E-state index >= 15 is 0 Å². The molecular weight excluding hydrogens is 309 g/mol. The van der Waals surface area contributed by atoms with Crippen LogP contribution in [-0.4, -0.2) is 9.97 Å². The first-order valence-electron chi connectivity index (χ1n) is 5.06. The van der Waals surface area contributed by atoms with E-state index in [1.165, 1.54) is 13.0 Å². The van der Waals surface area contributed by atoms with E-state index in [0.717, 1.165) is 0 Å². The van der Waals surface area contributed by atoms with E-state index in [4.69, 9.17) is 0 Å². The molecule has 0 bridgehead atoms. The van der Waals surface area contributed by atoms with Crippen LogP contribution in [0.2, 0.25) is 0 Å². The smallest absolute Gasteiger partial charge is 0.230 e. The van der Waals surface area contributed by atoms with Gasteiger partial charge in [0.1, 0.15) is 0 Å². The lowest BCUT2D eigenvalue weighted by Gasteiger charge is -2.09. The predicted molar refractivity (Wildman–Crippen MR) is 64.9 cm³/mol. The number of aromatic nitrogens is 2. The van der Waals surface area contributed by atoms with Gasteiger partial charge in [-0.25, -0.2) is 9.97 Å². The number of alkyl halides is 3. The lowest BCUT2D eigenvalue weighted by atomic mass is 10.1. The van der Waals surface area contributed by atoms with E-state index < -0.39 is 12.0 Å². The molecule has 94 valence electrons. The first-order valence-corrected chi connectivity index (χ1v) is 5.85. The maximum atomic E-state index is 12.6. The molecule has 2 rings (SSSR count). The Labute approximate surface area is 110 Å². The van der Waals surface area contributed by atoms with Crippen molar-refractivity contribution >= 4 is 15.9 Å². The standard InChI is InChI=1S/C12H8BrF3N2/c1-7-6-10(8-4-2-3-5-9(8)13)18-11(17-7)12(14,15)16/h2-6H,1H3. The summed E-state index contributed by atoms with van der Waals surface area (Å²) in [5.41, 5.74) is 1.14. The van der Waals surface area contributed by atoms with E-state index in [1.807, 2.05) is 0 Å². The summed E-state index contributed by atoms with van der Waals surface area (Å²) in [5, 5.41) is 0. The largest absolute Gasteiger partial charge is 0.451 e. The lowest BCUT2D eigenvalue weighted by Crippen LogP contribution is -2.12. The maximum absolute atomic E-state index is 12.6. The summed E-state index contributed by atoms with van der Waals surface area (Å²) in [6, 6.07) is 8.50. The van der Waals surface area contributed by atoms with Crippen LogP contribution < -0.4 is 0 Å². The Morgan fingerprint density at radius 2 is 1.78 bits per heavy atom. The molecule has 0 atom stereocenters. The van der Waals surface area contributed by atoms with Gasteiger partial charge in [0.25, 0.3) is 0 Å². The molecule has 0 N–H and O–H groups in total. The molecule has 1 aromatic carbocycles. The summed E-state index contributed by atoms with van der Waals surface area (Å²) in [6.45, 7) is 1.51. The highest BCUT2D eigenvalue weighted by atomic mass is 79.9. The number of benzene rings is 1. The maximum Gasteiger partial charge on any atom is 0.451 e. The number of hydrogen-bond donors (Lipinski definition) is 0. The van der Waals surface area contributed by atoms with Crippen LogP contribution in [-0.2, 0) is 6.18 Å². The van der Waals surface area contributed by atoms with Crippen LogP contribution in [0.5, 0.6) is 0 Å². The minimum Gasteiger partial charge on any atom is -0.230 e. The highest BCUT2D eigenvalue weighted by Gasteiger charge is 2.35. The van der Waals surface area contributed by atoms with E-state index in [1.54, 1.807) is 24.3 Å². The SMILES string of the molecule is Cc1cc(-c2ccccc2Br)nc(C(F)(F)F)n1. The van der Waals surface area contributed by atoms with Crippen molar-refractivity contribution in [2.45, 2.75) is 13.1 Å². The van der Waals surface area contributed by atoms with Gasteiger partial charge in [-0.1, -0.05) is 34.1 Å². The van der Waals surface area contributed by atoms with Crippen molar-refractivity contribution in [2.75, 3.05) is 0 Å². The normalized spacial score (nSPS) is 11.6. The molecule has 6 heteroatoms. The van der Waals surface area contributed by atoms with E-state index in [-0.39, 0.29) is 11.4 Å². The summed E-state index contributed by atoms with van der Waals surface area (Å²) in [5.74, 6) is -1.12. The quantitative estimate of drug-likeness (QED) is 0.786. The second-order valence-electron chi connectivity index (χ2n) is 3.70. The van der Waals surface area contributed by atoms with Crippen LogP contribution in [0.15, 0.2) is 34.8 Å². The van der Waals surface area contributed by atoms with Crippen LogP contribution >= 0.6 is 15.9 Å². The molecule has 0 amide bonds. The van der Waals surface area contributed by atoms with E-state index in [9.17, 15) is 13.2 Å². The molecule has 0 aliphatic carbocycles. The first-order chi connectivity index (χ1) is 8.38. The predicted octanol–water partition coefficient (Wildman–Crippen LogP) is 4.23. The third kappa shape index (κ3) is 2.69. The minimum atomic E-state index is -4.54. The number of rotatable bonds is 1. The summed E-state index contributed by atoms with van der Waals surface area (Å²) >= 11 is 3.29. The molecule has 2 aromatic rings. The van der Waals surface area contributed by atoms with Gasteiger partial charge in [-0.15, -0.1) is 0 Å². The van der Waals surface area contributed by atoms with Crippen LogP contribution in [0.4, 0.5) is 13.2 Å². The second-order valence-corrected chi connectivity index (χ2v) is 4.55. The van der Waals surface area contributed by atoms with Gasteiger partial charge >= 0.3 is 6.18 Å². The third-order valence-electron chi connectivity index (χ3n) is 2.26. The van der Waals surface area contributed by atoms with Gasteiger partial charge in [0.2, 0.25) is 5.82 Å². The van der Waals surface area contributed by atoms with E-state index in [2.05, 4.69) is 25.9 Å². The molecule has 0 unspecified atom stereocenters. The monoisotopic (exact) mass is 316 g/mol. The van der Waals surface area contributed by atoms with Crippen molar-refractivity contribution in [2.24, 2.45) is 0 Å².